The first-order chi connectivity index (χ1) is 13.0. The first kappa shape index (κ1) is 19.9. The van der Waals surface area contributed by atoms with Gasteiger partial charge in [-0.2, -0.15) is 21.9 Å². The van der Waals surface area contributed by atoms with Crippen molar-refractivity contribution in [2.24, 2.45) is 10.2 Å². The minimum Gasteiger partial charge on any atom is -0.399 e. The van der Waals surface area contributed by atoms with E-state index in [0.29, 0.717) is 16.9 Å². The molecule has 0 aliphatic heterocycles. The third-order valence-corrected chi connectivity index (χ3v) is 5.83. The summed E-state index contributed by atoms with van der Waals surface area (Å²) < 4.78 is 66.1. The van der Waals surface area contributed by atoms with Crippen molar-refractivity contribution in [1.82, 2.24) is 0 Å². The van der Waals surface area contributed by atoms with E-state index in [1.54, 1.807) is 25.1 Å². The minimum atomic E-state index is -4.79. The fourth-order valence-corrected chi connectivity index (χ4v) is 4.30. The summed E-state index contributed by atoms with van der Waals surface area (Å²) in [6.07, 6.45) is 0. The summed E-state index contributed by atoms with van der Waals surface area (Å²) in [5.74, 6) is 0. The molecule has 3 rings (SSSR count). The lowest BCUT2D eigenvalue weighted by atomic mass is 10.1. The number of hydrogen-bond acceptors (Lipinski definition) is 7. The summed E-state index contributed by atoms with van der Waals surface area (Å²) in [4.78, 5) is -1.11. The van der Waals surface area contributed by atoms with Crippen LogP contribution in [0.2, 0.25) is 0 Å². The molecule has 0 radical (unpaired) electrons. The second kappa shape index (κ2) is 6.95. The fraction of sp³-hybridized carbons (Fsp3) is 0.0588. The molecule has 0 spiro atoms. The molecule has 3 aromatic carbocycles. The first-order valence-electron chi connectivity index (χ1n) is 7.77. The largest absolute Gasteiger partial charge is 0.399 e. The monoisotopic (exact) mass is 421 g/mol. The van der Waals surface area contributed by atoms with Crippen molar-refractivity contribution in [3.63, 3.8) is 0 Å². The Balaban J connectivity index is 2.28. The molecule has 4 N–H and O–H groups in total. The van der Waals surface area contributed by atoms with Crippen molar-refractivity contribution in [2.75, 3.05) is 5.73 Å². The van der Waals surface area contributed by atoms with Crippen molar-refractivity contribution < 1.29 is 25.9 Å². The third kappa shape index (κ3) is 3.87. The molecular formula is C17H15N3O6S2. The summed E-state index contributed by atoms with van der Waals surface area (Å²) >= 11 is 0. The second-order valence-electron chi connectivity index (χ2n) is 5.96. The van der Waals surface area contributed by atoms with Crippen LogP contribution in [0.1, 0.15) is 5.56 Å². The maximum absolute atomic E-state index is 12.0. The lowest BCUT2D eigenvalue weighted by molar-refractivity contribution is 0.481. The summed E-state index contributed by atoms with van der Waals surface area (Å²) in [5, 5.41) is 7.70. The lowest BCUT2D eigenvalue weighted by Gasteiger charge is -2.09. The molecule has 3 aromatic rings. The van der Waals surface area contributed by atoms with Crippen LogP contribution in [0.15, 0.2) is 68.6 Å². The summed E-state index contributed by atoms with van der Waals surface area (Å²) in [7, 11) is -9.41. The van der Waals surface area contributed by atoms with E-state index in [1.807, 2.05) is 0 Å². The number of aryl methyl sites for hydroxylation is 1. The van der Waals surface area contributed by atoms with Crippen LogP contribution < -0.4 is 5.73 Å². The molecule has 146 valence electrons. The molecule has 0 saturated carbocycles. The van der Waals surface area contributed by atoms with E-state index in [2.05, 4.69) is 10.2 Å². The number of nitrogens with two attached hydrogens (primary N) is 1. The van der Waals surface area contributed by atoms with E-state index < -0.39 is 30.0 Å². The summed E-state index contributed by atoms with van der Waals surface area (Å²) in [6.45, 7) is 1.74. The summed E-state index contributed by atoms with van der Waals surface area (Å²) in [5.41, 5.74) is 7.14. The number of nitrogens with zero attached hydrogens (tertiary/aromatic N) is 2. The van der Waals surface area contributed by atoms with Gasteiger partial charge in [-0.25, -0.2) is 0 Å². The molecule has 11 heteroatoms. The van der Waals surface area contributed by atoms with Gasteiger partial charge in [-0.1, -0.05) is 18.2 Å². The van der Waals surface area contributed by atoms with Crippen LogP contribution in [-0.2, 0) is 20.2 Å². The molecule has 28 heavy (non-hydrogen) atoms. The molecule has 0 heterocycles. The van der Waals surface area contributed by atoms with Gasteiger partial charge < -0.3 is 5.73 Å². The Bertz CT molecular complexity index is 1330. The van der Waals surface area contributed by atoms with Gasteiger partial charge in [0.2, 0.25) is 0 Å². The van der Waals surface area contributed by atoms with E-state index in [4.69, 9.17) is 5.73 Å². The zero-order valence-electron chi connectivity index (χ0n) is 14.4. The van der Waals surface area contributed by atoms with Crippen LogP contribution in [0.5, 0.6) is 0 Å². The van der Waals surface area contributed by atoms with Crippen molar-refractivity contribution in [3.8, 4) is 0 Å². The zero-order valence-corrected chi connectivity index (χ0v) is 16.1. The van der Waals surface area contributed by atoms with Gasteiger partial charge in [-0.3, -0.25) is 9.11 Å². The van der Waals surface area contributed by atoms with Gasteiger partial charge in [-0.15, -0.1) is 5.11 Å². The second-order valence-corrected chi connectivity index (χ2v) is 8.71. The Kier molecular flexibility index (Phi) is 4.93. The molecule has 9 nitrogen and oxygen atoms in total. The van der Waals surface area contributed by atoms with Crippen molar-refractivity contribution in [1.29, 1.82) is 0 Å². The SMILES string of the molecule is Cc1cc(N)ccc1N=Nc1ccc2c(S(=O)(=O)O)cccc2c1S(=O)(=O)O. The van der Waals surface area contributed by atoms with Crippen LogP contribution in [0, 0.1) is 6.92 Å². The topological polar surface area (TPSA) is 159 Å². The Hall–Kier alpha value is -2.86. The molecule has 0 saturated heterocycles. The Morgan fingerprint density at radius 1 is 0.821 bits per heavy atom. The molecule has 0 amide bonds. The van der Waals surface area contributed by atoms with Crippen LogP contribution in [0.25, 0.3) is 10.8 Å². The Morgan fingerprint density at radius 3 is 2.07 bits per heavy atom. The van der Waals surface area contributed by atoms with Crippen molar-refractivity contribution in [2.45, 2.75) is 16.7 Å². The van der Waals surface area contributed by atoms with Gasteiger partial charge in [0, 0.05) is 16.5 Å². The standard InChI is InChI=1S/C17H15N3O6S2/c1-10-9-11(18)5-7-14(10)19-20-15-8-6-12-13(17(15)28(24,25)26)3-2-4-16(12)27(21,22)23/h2-9H,18H2,1H3,(H,21,22,23)(H,24,25,26). The Labute approximate surface area is 161 Å². The quantitative estimate of drug-likeness (QED) is 0.329. The highest BCUT2D eigenvalue weighted by Crippen LogP contribution is 2.36. The number of rotatable bonds is 4. The molecule has 0 aliphatic rings. The van der Waals surface area contributed by atoms with Gasteiger partial charge in [0.05, 0.1) is 5.69 Å². The maximum Gasteiger partial charge on any atom is 0.297 e. The van der Waals surface area contributed by atoms with Crippen LogP contribution in [0.3, 0.4) is 0 Å². The molecule has 0 unspecified atom stereocenters. The Morgan fingerprint density at radius 2 is 1.46 bits per heavy atom. The summed E-state index contributed by atoms with van der Waals surface area (Å²) in [6, 6.07) is 11.0. The van der Waals surface area contributed by atoms with Crippen LogP contribution in [0.4, 0.5) is 17.1 Å². The number of azo groups is 1. The van der Waals surface area contributed by atoms with E-state index in [1.165, 1.54) is 24.3 Å². The first-order valence-corrected chi connectivity index (χ1v) is 10.6. The van der Waals surface area contributed by atoms with Crippen LogP contribution in [-0.4, -0.2) is 25.9 Å². The predicted molar refractivity (Wildman–Crippen MR) is 103 cm³/mol. The molecule has 0 aromatic heterocycles. The van der Waals surface area contributed by atoms with Gasteiger partial charge in [0.25, 0.3) is 20.2 Å². The molecule has 0 bridgehead atoms. The van der Waals surface area contributed by atoms with Gasteiger partial charge in [0.15, 0.2) is 0 Å². The molecule has 0 aliphatic carbocycles. The molecule has 0 fully saturated rings. The number of hydrogen-bond donors (Lipinski definition) is 3. The number of fused-ring (bicyclic) bond motifs is 1. The highest BCUT2D eigenvalue weighted by atomic mass is 32.2. The average Bonchev–Trinajstić information content (AvgIpc) is 2.58. The molecular weight excluding hydrogens is 406 g/mol. The minimum absolute atomic E-state index is 0.0831. The van der Waals surface area contributed by atoms with Crippen molar-refractivity contribution >= 4 is 48.1 Å². The highest BCUT2D eigenvalue weighted by Gasteiger charge is 2.23. The number of anilines is 1. The predicted octanol–water partition coefficient (Wildman–Crippen LogP) is 3.64. The van der Waals surface area contributed by atoms with E-state index in [0.717, 1.165) is 6.07 Å². The average molecular weight is 421 g/mol. The smallest absolute Gasteiger partial charge is 0.297 e. The third-order valence-electron chi connectivity index (χ3n) is 3.97. The van der Waals surface area contributed by atoms with Crippen LogP contribution >= 0.6 is 0 Å². The van der Waals surface area contributed by atoms with E-state index in [9.17, 15) is 25.9 Å². The van der Waals surface area contributed by atoms with Gasteiger partial charge in [0.1, 0.15) is 15.5 Å². The molecule has 0 atom stereocenters. The zero-order chi connectivity index (χ0) is 20.7. The van der Waals surface area contributed by atoms with Gasteiger partial charge in [-0.05, 0) is 42.8 Å². The fourth-order valence-electron chi connectivity index (χ4n) is 2.76. The van der Waals surface area contributed by atoms with E-state index >= 15 is 0 Å². The maximum atomic E-state index is 12.0. The van der Waals surface area contributed by atoms with Gasteiger partial charge >= 0.3 is 0 Å². The highest BCUT2D eigenvalue weighted by molar-refractivity contribution is 7.86. The van der Waals surface area contributed by atoms with E-state index in [-0.39, 0.29) is 16.5 Å². The number of benzene rings is 3. The lowest BCUT2D eigenvalue weighted by Crippen LogP contribution is -2.03. The number of nitrogen functional groups attached to an aromatic ring is 1. The van der Waals surface area contributed by atoms with Crippen molar-refractivity contribution in [3.05, 3.63) is 54.1 Å². The normalized spacial score (nSPS) is 12.7.